The maximum absolute atomic E-state index is 10.0. The Hall–Kier alpha value is 3.57. The molecule has 0 fully saturated rings. The maximum Gasteiger partial charge on any atom is 1.00 e. The molecule has 0 aliphatic rings. The summed E-state index contributed by atoms with van der Waals surface area (Å²) in [7, 11) is -10.3. The van der Waals surface area contributed by atoms with Crippen LogP contribution >= 0.6 is 15.6 Å². The first-order valence-corrected chi connectivity index (χ1v) is 5.20. The Balaban J connectivity index is -0.0000000216. The van der Waals surface area contributed by atoms with Crippen molar-refractivity contribution in [1.29, 1.82) is 0 Å². The van der Waals surface area contributed by atoms with Crippen molar-refractivity contribution in [3.63, 3.8) is 0 Å². The zero-order chi connectivity index (χ0) is 9.99. The van der Waals surface area contributed by atoms with Crippen molar-refractivity contribution < 1.29 is 166 Å². The van der Waals surface area contributed by atoms with Gasteiger partial charge in [0.2, 0.25) is 0 Å². The van der Waals surface area contributed by atoms with E-state index in [-0.39, 0.29) is 124 Å². The van der Waals surface area contributed by atoms with Crippen LogP contribution in [0.2, 0.25) is 0 Å². The SMILES string of the molecule is O=C(OP(=O)(O)O)OP(=O)(O)O.[H-].[H-].[H-].[H-].[Na+].[Na+].[Na+].[Na+]. The molecular weight excluding hydrogens is 310 g/mol. The zero-order valence-electron chi connectivity index (χ0n) is 13.2. The Kier molecular flexibility index (Phi) is 26.9. The first-order valence-electron chi connectivity index (χ1n) is 2.14. The van der Waals surface area contributed by atoms with Gasteiger partial charge in [-0.25, -0.2) is 13.9 Å². The molecule has 80 valence electrons. The number of hydrogen-bond acceptors (Lipinski definition) is 5. The van der Waals surface area contributed by atoms with Crippen molar-refractivity contribution in [2.75, 3.05) is 0 Å². The van der Waals surface area contributed by atoms with Crippen molar-refractivity contribution in [1.82, 2.24) is 0 Å². The molecule has 0 atom stereocenters. The Bertz CT molecular complexity index is 255. The summed E-state index contributed by atoms with van der Waals surface area (Å²) < 4.78 is 25.9. The van der Waals surface area contributed by atoms with E-state index in [4.69, 9.17) is 19.6 Å². The molecule has 0 amide bonds. The first kappa shape index (κ1) is 31.8. The molecule has 0 unspecified atom stereocenters. The van der Waals surface area contributed by atoms with Crippen LogP contribution in [-0.2, 0) is 18.2 Å². The van der Waals surface area contributed by atoms with E-state index < -0.39 is 21.8 Å². The average Bonchev–Trinajstić information content (AvgIpc) is 1.49. The Labute approximate surface area is 185 Å². The molecule has 0 heterocycles. The summed E-state index contributed by atoms with van der Waals surface area (Å²) in [4.78, 5) is 41.7. The minimum Gasteiger partial charge on any atom is -1.00 e. The van der Waals surface area contributed by atoms with Gasteiger partial charge in [0.1, 0.15) is 0 Å². The second-order valence-electron chi connectivity index (χ2n) is 1.41. The van der Waals surface area contributed by atoms with Crippen LogP contribution in [0.1, 0.15) is 5.71 Å². The van der Waals surface area contributed by atoms with Crippen LogP contribution < -0.4 is 118 Å². The largest absolute Gasteiger partial charge is 1.00 e. The standard InChI is InChI=1S/CH4O9P2.4Na.4H/c2-1(9-11(3,4)5)10-12(6,7)8;;;;;;;;/h(H2,3,4,5)(H2,6,7,8);;;;;;;;/q;4*+1;4*-1. The average molecular weight is 318 g/mol. The summed E-state index contributed by atoms with van der Waals surface area (Å²) in [6, 6.07) is 0. The fraction of sp³-hybridized carbons (Fsp3) is 0. The van der Waals surface area contributed by atoms with Crippen molar-refractivity contribution >= 4 is 21.8 Å². The molecule has 0 aromatic carbocycles. The monoisotopic (exact) mass is 318 g/mol. The fourth-order valence-electron chi connectivity index (χ4n) is 0.211. The predicted molar refractivity (Wildman–Crippen MR) is 36.1 cm³/mol. The van der Waals surface area contributed by atoms with Gasteiger partial charge in [-0.05, 0) is 0 Å². The molecule has 0 aliphatic carbocycles. The maximum atomic E-state index is 10.0. The fourth-order valence-corrected chi connectivity index (χ4v) is 0.733. The van der Waals surface area contributed by atoms with Crippen LogP contribution in [0.25, 0.3) is 0 Å². The van der Waals surface area contributed by atoms with Crippen LogP contribution in [0.3, 0.4) is 0 Å². The smallest absolute Gasteiger partial charge is 1.00 e. The molecule has 0 saturated carbocycles. The van der Waals surface area contributed by atoms with Crippen molar-refractivity contribution in [3.05, 3.63) is 0 Å². The predicted octanol–water partition coefficient (Wildman–Crippen LogP) is -12.2. The quantitative estimate of drug-likeness (QED) is 0.287. The van der Waals surface area contributed by atoms with E-state index >= 15 is 0 Å². The number of phosphoric acid groups is 2. The van der Waals surface area contributed by atoms with Crippen molar-refractivity contribution in [3.8, 4) is 0 Å². The molecule has 16 heavy (non-hydrogen) atoms. The number of carbonyl (C=O) groups excluding carboxylic acids is 1. The topological polar surface area (TPSA) is 151 Å². The van der Waals surface area contributed by atoms with Gasteiger partial charge in [0.15, 0.2) is 0 Å². The minimum absolute atomic E-state index is 0. The molecule has 0 radical (unpaired) electrons. The van der Waals surface area contributed by atoms with Crippen LogP contribution in [0.15, 0.2) is 0 Å². The number of rotatable bonds is 2. The molecule has 0 bridgehead atoms. The van der Waals surface area contributed by atoms with Crippen LogP contribution in [0, 0.1) is 0 Å². The van der Waals surface area contributed by atoms with Gasteiger partial charge in [-0.15, -0.1) is 0 Å². The summed E-state index contributed by atoms with van der Waals surface area (Å²) in [5.41, 5.74) is 0. The molecule has 0 saturated heterocycles. The zero-order valence-corrected chi connectivity index (χ0v) is 19.0. The normalized spacial score (nSPS) is 9.25. The number of hydrogen-bond donors (Lipinski definition) is 4. The molecule has 0 rings (SSSR count). The van der Waals surface area contributed by atoms with Crippen molar-refractivity contribution in [2.24, 2.45) is 0 Å². The van der Waals surface area contributed by atoms with Gasteiger partial charge in [-0.1, -0.05) is 0 Å². The molecule has 15 heteroatoms. The first-order chi connectivity index (χ1) is 5.10. The van der Waals surface area contributed by atoms with Gasteiger partial charge in [-0.3, -0.25) is 19.6 Å². The van der Waals surface area contributed by atoms with E-state index in [1.807, 2.05) is 0 Å². The molecule has 0 spiro atoms. The third-order valence-corrected chi connectivity index (χ3v) is 1.16. The minimum atomic E-state index is -5.13. The number of carbonyl (C=O) groups is 1. The van der Waals surface area contributed by atoms with E-state index in [1.54, 1.807) is 0 Å². The molecular formula is CH8Na4O9P2. The molecule has 0 aliphatic heterocycles. The summed E-state index contributed by atoms with van der Waals surface area (Å²) in [5, 5.41) is 0. The van der Waals surface area contributed by atoms with Gasteiger partial charge in [0.25, 0.3) is 0 Å². The van der Waals surface area contributed by atoms with Crippen molar-refractivity contribution in [2.45, 2.75) is 0 Å². The van der Waals surface area contributed by atoms with Gasteiger partial charge >= 0.3 is 140 Å². The number of phosphoric ester groups is 2. The molecule has 9 nitrogen and oxygen atoms in total. The van der Waals surface area contributed by atoms with E-state index in [9.17, 15) is 13.9 Å². The Morgan fingerprint density at radius 2 is 1.00 bits per heavy atom. The van der Waals surface area contributed by atoms with Crippen LogP contribution in [0.5, 0.6) is 0 Å². The second-order valence-corrected chi connectivity index (χ2v) is 3.74. The Morgan fingerprint density at radius 3 is 1.12 bits per heavy atom. The molecule has 0 aromatic heterocycles. The summed E-state index contributed by atoms with van der Waals surface area (Å²) >= 11 is 0. The van der Waals surface area contributed by atoms with Gasteiger partial charge < -0.3 is 14.8 Å². The molecule has 4 N–H and O–H groups in total. The molecule has 0 aromatic rings. The van der Waals surface area contributed by atoms with Gasteiger partial charge in [0.05, 0.1) is 0 Å². The van der Waals surface area contributed by atoms with Gasteiger partial charge in [-0.2, -0.15) is 0 Å². The van der Waals surface area contributed by atoms with E-state index in [0.29, 0.717) is 0 Å². The third-order valence-electron chi connectivity index (χ3n) is 0.387. The van der Waals surface area contributed by atoms with E-state index in [0.717, 1.165) is 0 Å². The van der Waals surface area contributed by atoms with Gasteiger partial charge in [0, 0.05) is 0 Å². The Morgan fingerprint density at radius 1 is 0.812 bits per heavy atom. The third kappa shape index (κ3) is 26.2. The summed E-state index contributed by atoms with van der Waals surface area (Å²) in [6.45, 7) is 0. The van der Waals surface area contributed by atoms with Crippen LogP contribution in [-0.4, -0.2) is 25.7 Å². The summed E-state index contributed by atoms with van der Waals surface area (Å²) in [6.07, 6.45) is -2.14. The second kappa shape index (κ2) is 13.5. The van der Waals surface area contributed by atoms with E-state index in [1.165, 1.54) is 0 Å². The van der Waals surface area contributed by atoms with E-state index in [2.05, 4.69) is 9.05 Å². The van der Waals surface area contributed by atoms with Crippen LogP contribution in [0.4, 0.5) is 4.79 Å². The summed E-state index contributed by atoms with van der Waals surface area (Å²) in [5.74, 6) is 0.